The summed E-state index contributed by atoms with van der Waals surface area (Å²) in [5.41, 5.74) is 0.708. The number of esters is 1. The second kappa shape index (κ2) is 6.86. The molecule has 5 heteroatoms. The molecule has 1 unspecified atom stereocenters. The van der Waals surface area contributed by atoms with Crippen LogP contribution in [0.5, 0.6) is 11.5 Å². The van der Waals surface area contributed by atoms with Gasteiger partial charge in [-0.15, -0.1) is 0 Å². The Morgan fingerprint density at radius 3 is 2.78 bits per heavy atom. The van der Waals surface area contributed by atoms with Gasteiger partial charge < -0.3 is 19.9 Å². The number of phenols is 1. The van der Waals surface area contributed by atoms with E-state index < -0.39 is 0 Å². The van der Waals surface area contributed by atoms with E-state index in [2.05, 4.69) is 5.32 Å². The van der Waals surface area contributed by atoms with Crippen molar-refractivity contribution in [1.82, 2.24) is 5.32 Å². The number of methoxy groups -OCH3 is 1. The van der Waals surface area contributed by atoms with E-state index in [1.54, 1.807) is 19.1 Å². The molecule has 2 N–H and O–H groups in total. The lowest BCUT2D eigenvalue weighted by Crippen LogP contribution is -2.27. The van der Waals surface area contributed by atoms with Crippen molar-refractivity contribution in [2.75, 3.05) is 20.3 Å². The van der Waals surface area contributed by atoms with E-state index in [4.69, 9.17) is 9.47 Å². The molecular weight excluding hydrogens is 234 g/mol. The summed E-state index contributed by atoms with van der Waals surface area (Å²) in [6, 6.07) is 4.91. The van der Waals surface area contributed by atoms with Crippen LogP contribution in [0.3, 0.4) is 0 Å². The third kappa shape index (κ3) is 3.92. The summed E-state index contributed by atoms with van der Waals surface area (Å²) in [5.74, 6) is 0.421. The lowest BCUT2D eigenvalue weighted by atomic mass is 10.1. The highest BCUT2D eigenvalue weighted by Crippen LogP contribution is 2.28. The fourth-order valence-electron chi connectivity index (χ4n) is 1.58. The van der Waals surface area contributed by atoms with Gasteiger partial charge >= 0.3 is 5.97 Å². The Morgan fingerprint density at radius 2 is 2.22 bits per heavy atom. The van der Waals surface area contributed by atoms with Gasteiger partial charge in [0.1, 0.15) is 11.5 Å². The topological polar surface area (TPSA) is 67.8 Å². The summed E-state index contributed by atoms with van der Waals surface area (Å²) in [6.07, 6.45) is 0. The number of carbonyl (C=O) groups excluding carboxylic acids is 1. The zero-order chi connectivity index (χ0) is 13.5. The molecule has 0 saturated carbocycles. The molecule has 18 heavy (non-hydrogen) atoms. The monoisotopic (exact) mass is 253 g/mol. The fraction of sp³-hybridized carbons (Fsp3) is 0.462. The minimum atomic E-state index is -0.308. The van der Waals surface area contributed by atoms with Gasteiger partial charge in [-0.25, -0.2) is 0 Å². The molecule has 0 aliphatic carbocycles. The zero-order valence-corrected chi connectivity index (χ0v) is 10.9. The van der Waals surface area contributed by atoms with Gasteiger partial charge in [0.25, 0.3) is 0 Å². The fourth-order valence-corrected chi connectivity index (χ4v) is 1.58. The number of phenolic OH excluding ortho intramolecular Hbond substituents is 1. The van der Waals surface area contributed by atoms with E-state index in [1.165, 1.54) is 13.2 Å². The molecule has 5 nitrogen and oxygen atoms in total. The van der Waals surface area contributed by atoms with Gasteiger partial charge in [-0.1, -0.05) is 6.07 Å². The number of benzene rings is 1. The molecular formula is C13H19NO4. The Hall–Kier alpha value is -1.75. The second-order valence-corrected chi connectivity index (χ2v) is 3.83. The highest BCUT2D eigenvalue weighted by atomic mass is 16.5. The normalized spacial score (nSPS) is 11.9. The lowest BCUT2D eigenvalue weighted by Gasteiger charge is -2.15. The van der Waals surface area contributed by atoms with Crippen molar-refractivity contribution in [1.29, 1.82) is 0 Å². The summed E-state index contributed by atoms with van der Waals surface area (Å²) >= 11 is 0. The van der Waals surface area contributed by atoms with Gasteiger partial charge in [-0.2, -0.15) is 0 Å². The average molecular weight is 253 g/mol. The highest BCUT2D eigenvalue weighted by Gasteiger charge is 2.12. The van der Waals surface area contributed by atoms with E-state index in [-0.39, 0.29) is 24.3 Å². The minimum absolute atomic E-state index is 0.112. The van der Waals surface area contributed by atoms with Crippen LogP contribution in [-0.4, -0.2) is 31.3 Å². The molecule has 100 valence electrons. The van der Waals surface area contributed by atoms with Crippen LogP contribution >= 0.6 is 0 Å². The van der Waals surface area contributed by atoms with Crippen molar-refractivity contribution in [2.24, 2.45) is 0 Å². The number of ether oxygens (including phenoxy) is 2. The standard InChI is InChI=1S/C13H19NO4/c1-4-18-13(16)8-14-9(2)11-6-5-10(17-3)7-12(11)15/h5-7,9,14-15H,4,8H2,1-3H3. The SMILES string of the molecule is CCOC(=O)CNC(C)c1ccc(OC)cc1O. The van der Waals surface area contributed by atoms with Crippen LogP contribution < -0.4 is 10.1 Å². The molecule has 0 bridgehead atoms. The van der Waals surface area contributed by atoms with Gasteiger partial charge in [0, 0.05) is 17.7 Å². The first-order chi connectivity index (χ1) is 8.58. The first-order valence-electron chi connectivity index (χ1n) is 5.84. The third-order valence-corrected chi connectivity index (χ3v) is 2.56. The van der Waals surface area contributed by atoms with Crippen LogP contribution in [0.4, 0.5) is 0 Å². The number of hydrogen-bond donors (Lipinski definition) is 2. The van der Waals surface area contributed by atoms with Crippen LogP contribution in [0.2, 0.25) is 0 Å². The molecule has 1 aromatic carbocycles. The van der Waals surface area contributed by atoms with Gasteiger partial charge in [0.15, 0.2) is 0 Å². The summed E-state index contributed by atoms with van der Waals surface area (Å²) in [4.78, 5) is 11.2. The van der Waals surface area contributed by atoms with Gasteiger partial charge in [0.05, 0.1) is 20.3 Å². The Balaban J connectivity index is 2.61. The zero-order valence-electron chi connectivity index (χ0n) is 10.9. The molecule has 0 radical (unpaired) electrons. The molecule has 0 aliphatic heterocycles. The molecule has 0 saturated heterocycles. The number of aromatic hydroxyl groups is 1. The van der Waals surface area contributed by atoms with Crippen molar-refractivity contribution in [3.63, 3.8) is 0 Å². The average Bonchev–Trinajstić information content (AvgIpc) is 2.36. The molecule has 0 spiro atoms. The predicted octanol–water partition coefficient (Wildman–Crippen LogP) is 1.61. The molecule has 1 aromatic rings. The highest BCUT2D eigenvalue weighted by molar-refractivity contribution is 5.71. The second-order valence-electron chi connectivity index (χ2n) is 3.83. The minimum Gasteiger partial charge on any atom is -0.507 e. The first kappa shape index (κ1) is 14.3. The van der Waals surface area contributed by atoms with Gasteiger partial charge in [0.2, 0.25) is 0 Å². The lowest BCUT2D eigenvalue weighted by molar-refractivity contribution is -0.142. The van der Waals surface area contributed by atoms with Crippen molar-refractivity contribution >= 4 is 5.97 Å². The summed E-state index contributed by atoms with van der Waals surface area (Å²) < 4.78 is 9.82. The molecule has 0 amide bonds. The van der Waals surface area contributed by atoms with Gasteiger partial charge in [-0.05, 0) is 19.9 Å². The Morgan fingerprint density at radius 1 is 1.50 bits per heavy atom. The Labute approximate surface area is 107 Å². The molecule has 1 rings (SSSR count). The van der Waals surface area contributed by atoms with E-state index in [0.717, 1.165) is 0 Å². The molecule has 1 atom stereocenters. The van der Waals surface area contributed by atoms with Crippen molar-refractivity contribution in [2.45, 2.75) is 19.9 Å². The number of rotatable bonds is 6. The van der Waals surface area contributed by atoms with Gasteiger partial charge in [-0.3, -0.25) is 4.79 Å². The maximum atomic E-state index is 11.2. The smallest absolute Gasteiger partial charge is 0.319 e. The van der Waals surface area contributed by atoms with Crippen LogP contribution in [0.15, 0.2) is 18.2 Å². The Bertz CT molecular complexity index is 406. The Kier molecular flexibility index (Phi) is 5.45. The van der Waals surface area contributed by atoms with Crippen LogP contribution in [-0.2, 0) is 9.53 Å². The largest absolute Gasteiger partial charge is 0.507 e. The van der Waals surface area contributed by atoms with Crippen LogP contribution in [0.1, 0.15) is 25.5 Å². The van der Waals surface area contributed by atoms with E-state index >= 15 is 0 Å². The van der Waals surface area contributed by atoms with Crippen molar-refractivity contribution < 1.29 is 19.4 Å². The number of carbonyl (C=O) groups is 1. The molecule has 0 heterocycles. The predicted molar refractivity (Wildman–Crippen MR) is 67.7 cm³/mol. The quantitative estimate of drug-likeness (QED) is 0.754. The third-order valence-electron chi connectivity index (χ3n) is 2.56. The maximum absolute atomic E-state index is 11.2. The van der Waals surface area contributed by atoms with E-state index in [0.29, 0.717) is 17.9 Å². The first-order valence-corrected chi connectivity index (χ1v) is 5.84. The maximum Gasteiger partial charge on any atom is 0.319 e. The van der Waals surface area contributed by atoms with Crippen LogP contribution in [0.25, 0.3) is 0 Å². The molecule has 0 aliphatic rings. The van der Waals surface area contributed by atoms with E-state index in [1.807, 2.05) is 6.92 Å². The molecule has 0 fully saturated rings. The van der Waals surface area contributed by atoms with Crippen LogP contribution in [0, 0.1) is 0 Å². The number of nitrogens with one attached hydrogen (secondary N) is 1. The number of hydrogen-bond acceptors (Lipinski definition) is 5. The molecule has 0 aromatic heterocycles. The van der Waals surface area contributed by atoms with E-state index in [9.17, 15) is 9.90 Å². The summed E-state index contributed by atoms with van der Waals surface area (Å²) in [7, 11) is 1.54. The summed E-state index contributed by atoms with van der Waals surface area (Å²) in [6.45, 7) is 4.10. The van der Waals surface area contributed by atoms with Crippen molar-refractivity contribution in [3.05, 3.63) is 23.8 Å². The summed E-state index contributed by atoms with van der Waals surface area (Å²) in [5, 5.41) is 12.8. The van der Waals surface area contributed by atoms with Crippen molar-refractivity contribution in [3.8, 4) is 11.5 Å².